The number of benzene rings is 7. The van der Waals surface area contributed by atoms with Gasteiger partial charge in [-0.25, -0.2) is 0 Å². The molecule has 0 spiro atoms. The molecule has 0 unspecified atom stereocenters. The van der Waals surface area contributed by atoms with E-state index in [0.717, 1.165) is 0 Å². The second-order valence-electron chi connectivity index (χ2n) is 12.1. The maximum absolute atomic E-state index is 2.66. The van der Waals surface area contributed by atoms with Gasteiger partial charge in [0.15, 0.2) is 0 Å². The molecule has 0 aliphatic carbocycles. The monoisotopic (exact) mass is 530 g/mol. The van der Waals surface area contributed by atoms with E-state index in [1.54, 1.807) is 0 Å². The van der Waals surface area contributed by atoms with Crippen LogP contribution in [0.2, 0.25) is 0 Å². The second-order valence-corrected chi connectivity index (χ2v) is 12.1. The summed E-state index contributed by atoms with van der Waals surface area (Å²) < 4.78 is 5.25. The van der Waals surface area contributed by atoms with Crippen molar-refractivity contribution in [2.24, 2.45) is 0 Å². The first-order chi connectivity index (χ1) is 20.8. The molecule has 11 rings (SSSR count). The van der Waals surface area contributed by atoms with Crippen molar-refractivity contribution in [1.82, 2.24) is 9.05 Å². The van der Waals surface area contributed by atoms with E-state index in [1.807, 2.05) is 0 Å². The van der Waals surface area contributed by atoms with Crippen molar-refractivity contribution in [1.29, 1.82) is 0 Å². The van der Waals surface area contributed by atoms with Crippen LogP contribution in [0.1, 0.15) is 5.56 Å². The van der Waals surface area contributed by atoms with Gasteiger partial charge >= 0.3 is 6.85 Å². The van der Waals surface area contributed by atoms with Crippen molar-refractivity contribution in [3.8, 4) is 27.9 Å². The third kappa shape index (κ3) is 2.28. The summed E-state index contributed by atoms with van der Waals surface area (Å²) in [6.07, 6.45) is 0. The zero-order chi connectivity index (χ0) is 27.3. The van der Waals surface area contributed by atoms with Gasteiger partial charge in [-0.2, -0.15) is 0 Å². The lowest BCUT2D eigenvalue weighted by molar-refractivity contribution is 1.17. The molecule has 2 aliphatic rings. The van der Waals surface area contributed by atoms with Gasteiger partial charge in [0.05, 0.1) is 11.0 Å². The largest absolute Gasteiger partial charge is 0.375 e. The van der Waals surface area contributed by atoms with E-state index >= 15 is 0 Å². The van der Waals surface area contributed by atoms with Crippen molar-refractivity contribution in [2.45, 2.75) is 6.92 Å². The number of rotatable bonds is 1. The summed E-state index contributed by atoms with van der Waals surface area (Å²) >= 11 is 0. The van der Waals surface area contributed by atoms with Crippen LogP contribution in [-0.2, 0) is 0 Å². The molecule has 2 aliphatic heterocycles. The first-order valence-electron chi connectivity index (χ1n) is 14.8. The Morgan fingerprint density at radius 3 is 2.21 bits per heavy atom. The van der Waals surface area contributed by atoms with Gasteiger partial charge in [-0.05, 0) is 69.1 Å². The minimum Gasteiger partial charge on any atom is -0.375 e. The fourth-order valence-electron chi connectivity index (χ4n) is 8.65. The minimum atomic E-state index is 0.0936. The minimum absolute atomic E-state index is 0.0936. The average molecular weight is 530 g/mol. The van der Waals surface area contributed by atoms with Crippen LogP contribution in [0, 0.1) is 6.92 Å². The third-order valence-electron chi connectivity index (χ3n) is 10.2. The Hall–Kier alpha value is -5.28. The Labute approximate surface area is 242 Å². The van der Waals surface area contributed by atoms with Crippen molar-refractivity contribution in [3.05, 3.63) is 127 Å². The fraction of sp³-hybridized carbons (Fsp3) is 0.0256. The van der Waals surface area contributed by atoms with Crippen LogP contribution in [0.4, 0.5) is 0 Å². The molecule has 2 nitrogen and oxygen atoms in total. The fourth-order valence-corrected chi connectivity index (χ4v) is 8.65. The zero-order valence-electron chi connectivity index (χ0n) is 23.0. The molecule has 9 aromatic rings. The van der Waals surface area contributed by atoms with Crippen LogP contribution >= 0.6 is 0 Å². The van der Waals surface area contributed by atoms with E-state index in [2.05, 4.69) is 137 Å². The summed E-state index contributed by atoms with van der Waals surface area (Å²) in [6.45, 7) is 2.43. The third-order valence-corrected chi connectivity index (χ3v) is 10.2. The smallest absolute Gasteiger partial charge is 0.333 e. The molecule has 0 bridgehead atoms. The molecule has 0 atom stereocenters. The van der Waals surface area contributed by atoms with Crippen molar-refractivity contribution in [2.75, 3.05) is 0 Å². The Kier molecular flexibility index (Phi) is 3.64. The molecular formula is C39H23BN2. The average Bonchev–Trinajstić information content (AvgIpc) is 3.57. The predicted octanol–water partition coefficient (Wildman–Crippen LogP) is 8.41. The summed E-state index contributed by atoms with van der Waals surface area (Å²) in [4.78, 5) is 0. The molecule has 0 amide bonds. The van der Waals surface area contributed by atoms with Gasteiger partial charge in [0.1, 0.15) is 0 Å². The normalized spacial score (nSPS) is 13.3. The zero-order valence-corrected chi connectivity index (χ0v) is 23.0. The van der Waals surface area contributed by atoms with Gasteiger partial charge in [0.25, 0.3) is 0 Å². The summed E-state index contributed by atoms with van der Waals surface area (Å²) in [5.74, 6) is 0. The highest BCUT2D eigenvalue weighted by molar-refractivity contribution is 6.90. The highest BCUT2D eigenvalue weighted by Crippen LogP contribution is 2.47. The quantitative estimate of drug-likeness (QED) is 0.149. The van der Waals surface area contributed by atoms with Gasteiger partial charge in [0.2, 0.25) is 0 Å². The van der Waals surface area contributed by atoms with Crippen LogP contribution in [0.5, 0.6) is 0 Å². The summed E-state index contributed by atoms with van der Waals surface area (Å²) in [6, 6.07) is 45.5. The van der Waals surface area contributed by atoms with Crippen LogP contribution in [-0.4, -0.2) is 15.9 Å². The SMILES string of the molecule is Cc1c(-c2ccccc2)cc2c3c1-c1cccc4c5ccccc5n(c14)B3c1ccc3ccc4cccc5c4c3c1n5-2. The molecule has 3 heteroatoms. The summed E-state index contributed by atoms with van der Waals surface area (Å²) in [7, 11) is 0. The lowest BCUT2D eigenvalue weighted by Gasteiger charge is -2.35. The first kappa shape index (κ1) is 21.5. The molecule has 42 heavy (non-hydrogen) atoms. The van der Waals surface area contributed by atoms with Gasteiger partial charge in [-0.3, -0.25) is 0 Å². The molecule has 0 fully saturated rings. The number of para-hydroxylation sites is 2. The molecule has 7 aromatic carbocycles. The number of nitrogens with zero attached hydrogens (tertiary/aromatic N) is 2. The van der Waals surface area contributed by atoms with Crippen molar-refractivity contribution >= 4 is 72.2 Å². The maximum Gasteiger partial charge on any atom is 0.333 e. The Morgan fingerprint density at radius 1 is 0.571 bits per heavy atom. The van der Waals surface area contributed by atoms with Gasteiger partial charge in [-0.1, -0.05) is 103 Å². The Balaban J connectivity index is 1.45. The van der Waals surface area contributed by atoms with E-state index in [1.165, 1.54) is 98.8 Å². The van der Waals surface area contributed by atoms with Crippen molar-refractivity contribution in [3.63, 3.8) is 0 Å². The standard InChI is InChI=1S/C39H23BN2/c1-22-29(23-9-3-2-4-10-23)21-33-37-34(22)28-14-8-13-27-26-12-5-6-15-31(26)42(38(27)28)40(37)30-20-19-25-18-17-24-11-7-16-32-35(24)36(25)39(30)41(32)33/h2-21H,1H3. The molecule has 0 saturated carbocycles. The first-order valence-corrected chi connectivity index (χ1v) is 14.8. The molecule has 0 saturated heterocycles. The van der Waals surface area contributed by atoms with E-state index in [-0.39, 0.29) is 6.85 Å². The number of hydrogen-bond acceptors (Lipinski definition) is 0. The van der Waals surface area contributed by atoms with Crippen LogP contribution < -0.4 is 10.9 Å². The Bertz CT molecular complexity index is 2640. The number of hydrogen-bond donors (Lipinski definition) is 0. The van der Waals surface area contributed by atoms with E-state index in [4.69, 9.17) is 0 Å². The maximum atomic E-state index is 2.66. The van der Waals surface area contributed by atoms with Crippen LogP contribution in [0.25, 0.3) is 82.3 Å². The van der Waals surface area contributed by atoms with E-state index in [0.29, 0.717) is 0 Å². The molecule has 4 heterocycles. The Morgan fingerprint density at radius 2 is 1.31 bits per heavy atom. The lowest BCUT2D eigenvalue weighted by Crippen LogP contribution is -2.55. The highest BCUT2D eigenvalue weighted by atomic mass is 15.0. The van der Waals surface area contributed by atoms with Gasteiger partial charge in [0, 0.05) is 43.8 Å². The van der Waals surface area contributed by atoms with Gasteiger partial charge in [-0.15, -0.1) is 0 Å². The van der Waals surface area contributed by atoms with E-state index < -0.39 is 0 Å². The second kappa shape index (κ2) is 7.13. The van der Waals surface area contributed by atoms with E-state index in [9.17, 15) is 0 Å². The molecular weight excluding hydrogens is 507 g/mol. The number of fused-ring (bicyclic) bond motifs is 8. The lowest BCUT2D eigenvalue weighted by atomic mass is 9.45. The van der Waals surface area contributed by atoms with Crippen LogP contribution in [0.3, 0.4) is 0 Å². The van der Waals surface area contributed by atoms with Crippen LogP contribution in [0.15, 0.2) is 121 Å². The molecule has 192 valence electrons. The van der Waals surface area contributed by atoms with Gasteiger partial charge < -0.3 is 9.05 Å². The predicted molar refractivity (Wildman–Crippen MR) is 179 cm³/mol. The molecule has 0 N–H and O–H groups in total. The number of aromatic nitrogens is 2. The molecule has 0 radical (unpaired) electrons. The van der Waals surface area contributed by atoms with Crippen molar-refractivity contribution < 1.29 is 0 Å². The topological polar surface area (TPSA) is 9.86 Å². The molecule has 2 aromatic heterocycles. The summed E-state index contributed by atoms with van der Waals surface area (Å²) in [5.41, 5.74) is 16.1. The highest BCUT2D eigenvalue weighted by Gasteiger charge is 2.42. The summed E-state index contributed by atoms with van der Waals surface area (Å²) in [5, 5.41) is 8.06.